The monoisotopic (exact) mass is 462 g/mol. The van der Waals surface area contributed by atoms with E-state index in [9.17, 15) is 15.0 Å². The fraction of sp³-hybridized carbons (Fsp3) is 0.385. The highest BCUT2D eigenvalue weighted by atomic mass is 16.3. The first kappa shape index (κ1) is 22.6. The molecule has 0 atom stereocenters. The van der Waals surface area contributed by atoms with E-state index in [1.54, 1.807) is 6.07 Å². The number of piperazine rings is 1. The Bertz CT molecular complexity index is 1400. The van der Waals surface area contributed by atoms with Crippen molar-refractivity contribution in [2.45, 2.75) is 19.9 Å². The molecule has 8 nitrogen and oxygen atoms in total. The van der Waals surface area contributed by atoms with Gasteiger partial charge in [-0.05, 0) is 24.6 Å². The summed E-state index contributed by atoms with van der Waals surface area (Å²) < 4.78 is 7.93. The van der Waals surface area contributed by atoms with Gasteiger partial charge in [-0.25, -0.2) is 4.98 Å². The molecule has 0 radical (unpaired) electrons. The Morgan fingerprint density at radius 2 is 2.00 bits per heavy atom. The smallest absolute Gasteiger partial charge is 0.203 e. The van der Waals surface area contributed by atoms with E-state index in [0.717, 1.165) is 37.2 Å². The predicted octanol–water partition coefficient (Wildman–Crippen LogP) is 0.676. The van der Waals surface area contributed by atoms with Crippen molar-refractivity contribution in [2.75, 3.05) is 39.3 Å². The average Bonchev–Trinajstić information content (AvgIpc) is 3.18. The van der Waals surface area contributed by atoms with Crippen molar-refractivity contribution in [1.29, 1.82) is 0 Å². The Balaban J connectivity index is 1.58. The van der Waals surface area contributed by atoms with Gasteiger partial charge in [0.15, 0.2) is 0 Å². The molecule has 3 heterocycles. The van der Waals surface area contributed by atoms with E-state index in [1.807, 2.05) is 42.8 Å². The number of para-hydroxylation sites is 2. The molecule has 0 unspecified atom stereocenters. The SMILES string of the molecule is CCc1cc2c(=O)c(-c3nc4ccccc4n3C)coc2c(C[NH+]2CCN(CCO)CC2)c1[O-]. The average molecular weight is 463 g/mol. The zero-order valence-electron chi connectivity index (χ0n) is 19.6. The minimum absolute atomic E-state index is 0.0288. The molecule has 1 fully saturated rings. The highest BCUT2D eigenvalue weighted by Gasteiger charge is 2.23. The summed E-state index contributed by atoms with van der Waals surface area (Å²) in [6, 6.07) is 9.45. The van der Waals surface area contributed by atoms with Gasteiger partial charge in [-0.1, -0.05) is 30.4 Å². The largest absolute Gasteiger partial charge is 0.872 e. The van der Waals surface area contributed by atoms with Crippen molar-refractivity contribution < 1.29 is 19.5 Å². The van der Waals surface area contributed by atoms with Crippen molar-refractivity contribution in [3.8, 4) is 17.1 Å². The quantitative estimate of drug-likeness (QED) is 0.437. The molecule has 4 aromatic rings. The van der Waals surface area contributed by atoms with Crippen LogP contribution in [0.2, 0.25) is 0 Å². The number of fused-ring (bicyclic) bond motifs is 2. The molecule has 1 saturated heterocycles. The van der Waals surface area contributed by atoms with E-state index in [0.29, 0.717) is 53.0 Å². The van der Waals surface area contributed by atoms with Gasteiger partial charge in [0.1, 0.15) is 29.8 Å². The summed E-state index contributed by atoms with van der Waals surface area (Å²) in [7, 11) is 1.89. The summed E-state index contributed by atoms with van der Waals surface area (Å²) in [5.41, 5.74) is 3.57. The number of aromatic nitrogens is 2. The third-order valence-electron chi connectivity index (χ3n) is 7.00. The van der Waals surface area contributed by atoms with Gasteiger partial charge in [-0.3, -0.25) is 9.69 Å². The summed E-state index contributed by atoms with van der Waals surface area (Å²) in [5.74, 6) is 0.521. The van der Waals surface area contributed by atoms with E-state index in [2.05, 4.69) is 9.88 Å². The summed E-state index contributed by atoms with van der Waals surface area (Å²) in [6.07, 6.45) is 2.01. The van der Waals surface area contributed by atoms with E-state index >= 15 is 0 Å². The van der Waals surface area contributed by atoms with E-state index < -0.39 is 0 Å². The summed E-state index contributed by atoms with van der Waals surface area (Å²) >= 11 is 0. The van der Waals surface area contributed by atoms with Gasteiger partial charge in [0.25, 0.3) is 0 Å². The number of aryl methyl sites for hydroxylation is 2. The number of quaternary nitrogens is 1. The highest BCUT2D eigenvalue weighted by Crippen LogP contribution is 2.30. The number of imidazole rings is 1. The Kier molecular flexibility index (Phi) is 6.12. The van der Waals surface area contributed by atoms with Gasteiger partial charge in [-0.15, -0.1) is 0 Å². The molecular formula is C26H30N4O4. The Hall–Kier alpha value is -3.20. The molecule has 0 saturated carbocycles. The summed E-state index contributed by atoms with van der Waals surface area (Å²) in [4.78, 5) is 21.8. The Morgan fingerprint density at radius 3 is 2.71 bits per heavy atom. The number of rotatable bonds is 6. The molecule has 0 spiro atoms. The van der Waals surface area contributed by atoms with Gasteiger partial charge in [-0.2, -0.15) is 0 Å². The van der Waals surface area contributed by atoms with Crippen molar-refractivity contribution in [1.82, 2.24) is 14.5 Å². The number of hydrogen-bond acceptors (Lipinski definition) is 6. The molecule has 2 aromatic heterocycles. The second-order valence-corrected chi connectivity index (χ2v) is 9.03. The minimum atomic E-state index is -0.168. The third-order valence-corrected chi connectivity index (χ3v) is 7.00. The second-order valence-electron chi connectivity index (χ2n) is 9.03. The zero-order valence-corrected chi connectivity index (χ0v) is 19.6. The first-order valence-electron chi connectivity index (χ1n) is 11.9. The number of aliphatic hydroxyl groups excluding tert-OH is 1. The van der Waals surface area contributed by atoms with Gasteiger partial charge >= 0.3 is 0 Å². The van der Waals surface area contributed by atoms with Crippen molar-refractivity contribution in [3.05, 3.63) is 57.9 Å². The highest BCUT2D eigenvalue weighted by molar-refractivity contribution is 5.87. The lowest BCUT2D eigenvalue weighted by Crippen LogP contribution is -3.13. The normalized spacial score (nSPS) is 15.5. The van der Waals surface area contributed by atoms with Gasteiger partial charge < -0.3 is 24.1 Å². The Labute approximate surface area is 197 Å². The minimum Gasteiger partial charge on any atom is -0.872 e. The van der Waals surface area contributed by atoms with Crippen molar-refractivity contribution >= 4 is 22.0 Å². The van der Waals surface area contributed by atoms with Crippen LogP contribution in [0.3, 0.4) is 0 Å². The molecule has 0 amide bonds. The fourth-order valence-electron chi connectivity index (χ4n) is 5.01. The maximum atomic E-state index is 13.6. The summed E-state index contributed by atoms with van der Waals surface area (Å²) in [6.45, 7) is 6.77. The number of nitrogens with zero attached hydrogens (tertiary/aromatic N) is 3. The van der Waals surface area contributed by atoms with Gasteiger partial charge in [0.2, 0.25) is 5.43 Å². The topological polar surface area (TPSA) is 99.0 Å². The van der Waals surface area contributed by atoms with E-state index in [1.165, 1.54) is 11.2 Å². The van der Waals surface area contributed by atoms with Crippen molar-refractivity contribution in [2.24, 2.45) is 7.05 Å². The standard InChI is InChI=1S/C26H30N4O4/c1-3-17-14-18-24(33)20(26-27-21-6-4-5-7-22(21)28(26)2)16-34-25(18)19(23(17)32)15-30-10-8-29(9-11-30)12-13-31/h4-7,14,16,31-32H,3,8-13,15H2,1-2H3. The number of aliphatic hydroxyl groups is 1. The van der Waals surface area contributed by atoms with Crippen LogP contribution < -0.4 is 15.4 Å². The van der Waals surface area contributed by atoms with Crippen LogP contribution in [-0.2, 0) is 20.0 Å². The number of nitrogens with one attached hydrogen (secondary N) is 1. The lowest BCUT2D eigenvalue weighted by Gasteiger charge is -2.32. The maximum absolute atomic E-state index is 13.6. The van der Waals surface area contributed by atoms with E-state index in [4.69, 9.17) is 4.42 Å². The van der Waals surface area contributed by atoms with Crippen LogP contribution in [0.1, 0.15) is 18.1 Å². The fourth-order valence-corrected chi connectivity index (χ4v) is 5.01. The van der Waals surface area contributed by atoms with Crippen LogP contribution >= 0.6 is 0 Å². The predicted molar refractivity (Wildman–Crippen MR) is 129 cm³/mol. The molecule has 1 aliphatic heterocycles. The molecule has 178 valence electrons. The first-order chi connectivity index (χ1) is 16.5. The van der Waals surface area contributed by atoms with Crippen LogP contribution in [-0.4, -0.2) is 58.9 Å². The van der Waals surface area contributed by atoms with Crippen LogP contribution in [0, 0.1) is 0 Å². The molecule has 0 aliphatic carbocycles. The molecule has 0 bridgehead atoms. The Morgan fingerprint density at radius 1 is 1.24 bits per heavy atom. The number of benzene rings is 2. The molecule has 34 heavy (non-hydrogen) atoms. The molecule has 8 heteroatoms. The van der Waals surface area contributed by atoms with Gasteiger partial charge in [0.05, 0.1) is 36.1 Å². The third kappa shape index (κ3) is 3.87. The first-order valence-corrected chi connectivity index (χ1v) is 11.9. The number of β-amino-alcohol motifs (C(OH)–C–C–N with tert-alkyl or cyclic N) is 1. The summed E-state index contributed by atoms with van der Waals surface area (Å²) in [5, 5.41) is 22.9. The van der Waals surface area contributed by atoms with Gasteiger partial charge in [0, 0.05) is 32.2 Å². The van der Waals surface area contributed by atoms with Crippen LogP contribution in [0.25, 0.3) is 33.4 Å². The molecule has 5 rings (SSSR count). The molecule has 2 aromatic carbocycles. The lowest BCUT2D eigenvalue weighted by atomic mass is 10.0. The zero-order chi connectivity index (χ0) is 23.8. The molecule has 2 N–H and O–H groups in total. The van der Waals surface area contributed by atoms with Crippen LogP contribution in [0.5, 0.6) is 5.75 Å². The second kappa shape index (κ2) is 9.21. The van der Waals surface area contributed by atoms with Crippen molar-refractivity contribution in [3.63, 3.8) is 0 Å². The maximum Gasteiger partial charge on any atom is 0.203 e. The van der Waals surface area contributed by atoms with Crippen LogP contribution in [0.4, 0.5) is 0 Å². The molecular weight excluding hydrogens is 432 g/mol. The van der Waals surface area contributed by atoms with Crippen LogP contribution in [0.15, 0.2) is 45.8 Å². The lowest BCUT2D eigenvalue weighted by molar-refractivity contribution is -0.918. The number of hydrogen-bond donors (Lipinski definition) is 2. The van der Waals surface area contributed by atoms with E-state index in [-0.39, 0.29) is 17.8 Å². The molecule has 1 aliphatic rings.